The molecule has 0 spiro atoms. The lowest BCUT2D eigenvalue weighted by molar-refractivity contribution is 0.191. The fourth-order valence-electron chi connectivity index (χ4n) is 3.37. The van der Waals surface area contributed by atoms with Gasteiger partial charge in [0.05, 0.1) is 24.3 Å². The summed E-state index contributed by atoms with van der Waals surface area (Å²) in [6.45, 7) is 4.68. The van der Waals surface area contributed by atoms with Crippen molar-refractivity contribution in [3.63, 3.8) is 0 Å². The molecule has 0 aliphatic carbocycles. The van der Waals surface area contributed by atoms with Crippen LogP contribution in [0.1, 0.15) is 12.0 Å². The van der Waals surface area contributed by atoms with E-state index in [0.29, 0.717) is 19.5 Å². The number of benzene rings is 1. The zero-order chi connectivity index (χ0) is 18.0. The number of methoxy groups -OCH3 is 1. The zero-order valence-electron chi connectivity index (χ0n) is 14.7. The molecule has 2 aliphatic rings. The summed E-state index contributed by atoms with van der Waals surface area (Å²) in [4.78, 5) is 16.3. The third kappa shape index (κ3) is 4.18. The van der Waals surface area contributed by atoms with Crippen molar-refractivity contribution < 1.29 is 17.9 Å². The van der Waals surface area contributed by atoms with Gasteiger partial charge in [0.1, 0.15) is 5.75 Å². The van der Waals surface area contributed by atoms with E-state index in [9.17, 15) is 13.2 Å². The van der Waals surface area contributed by atoms with Crippen LogP contribution < -0.4 is 15.0 Å². The van der Waals surface area contributed by atoms with Gasteiger partial charge in [-0.3, -0.25) is 0 Å². The normalized spacial score (nSPS) is 22.7. The van der Waals surface area contributed by atoms with Crippen LogP contribution in [-0.2, 0) is 9.84 Å². The highest BCUT2D eigenvalue weighted by Crippen LogP contribution is 2.30. The van der Waals surface area contributed by atoms with Crippen molar-refractivity contribution in [3.05, 3.63) is 23.8 Å². The number of carbonyl (C=O) groups excluding carboxylic acids is 1. The van der Waals surface area contributed by atoms with E-state index >= 15 is 0 Å². The highest BCUT2D eigenvalue weighted by Gasteiger charge is 2.31. The van der Waals surface area contributed by atoms with Gasteiger partial charge in [0, 0.05) is 32.2 Å². The summed E-state index contributed by atoms with van der Waals surface area (Å²) < 4.78 is 28.5. The van der Waals surface area contributed by atoms with Gasteiger partial charge in [0.15, 0.2) is 9.84 Å². The second kappa shape index (κ2) is 7.11. The number of anilines is 1. The molecule has 1 N–H and O–H groups in total. The summed E-state index contributed by atoms with van der Waals surface area (Å²) in [6.07, 6.45) is 0.508. The molecule has 138 valence electrons. The van der Waals surface area contributed by atoms with Gasteiger partial charge in [-0.25, -0.2) is 13.2 Å². The van der Waals surface area contributed by atoms with Gasteiger partial charge in [0.2, 0.25) is 0 Å². The van der Waals surface area contributed by atoms with Crippen molar-refractivity contribution >= 4 is 21.6 Å². The number of nitrogens with zero attached hydrogens (tertiary/aromatic N) is 2. The van der Waals surface area contributed by atoms with Gasteiger partial charge in [-0.2, -0.15) is 0 Å². The molecule has 0 saturated carbocycles. The molecule has 1 atom stereocenters. The van der Waals surface area contributed by atoms with Crippen molar-refractivity contribution in [2.45, 2.75) is 19.4 Å². The van der Waals surface area contributed by atoms with Crippen LogP contribution in [0.2, 0.25) is 0 Å². The Morgan fingerprint density at radius 3 is 2.56 bits per heavy atom. The third-order valence-corrected chi connectivity index (χ3v) is 6.57. The van der Waals surface area contributed by atoms with Gasteiger partial charge >= 0.3 is 6.03 Å². The number of hydrogen-bond acceptors (Lipinski definition) is 5. The Bertz CT molecular complexity index is 742. The first-order valence-electron chi connectivity index (χ1n) is 8.53. The fourth-order valence-corrected chi connectivity index (χ4v) is 5.05. The number of rotatable bonds is 3. The largest absolute Gasteiger partial charge is 0.495 e. The van der Waals surface area contributed by atoms with Gasteiger partial charge in [-0.1, -0.05) is 6.07 Å². The number of aryl methyl sites for hydroxylation is 1. The Labute approximate surface area is 148 Å². The number of sulfone groups is 1. The lowest BCUT2D eigenvalue weighted by atomic mass is 10.1. The molecule has 25 heavy (non-hydrogen) atoms. The Hall–Kier alpha value is -1.96. The van der Waals surface area contributed by atoms with Gasteiger partial charge in [-0.05, 0) is 31.0 Å². The second-order valence-electron chi connectivity index (χ2n) is 6.70. The molecule has 1 aromatic rings. The SMILES string of the molecule is COc1ccc(C)cc1N1CCN(C(=O)NC2CCS(=O)(=O)C2)CC1. The van der Waals surface area contributed by atoms with Crippen LogP contribution in [0.3, 0.4) is 0 Å². The van der Waals surface area contributed by atoms with Gasteiger partial charge in [-0.15, -0.1) is 0 Å². The number of urea groups is 1. The van der Waals surface area contributed by atoms with E-state index in [1.165, 1.54) is 5.56 Å². The molecule has 7 nitrogen and oxygen atoms in total. The maximum Gasteiger partial charge on any atom is 0.317 e. The van der Waals surface area contributed by atoms with E-state index in [2.05, 4.69) is 16.3 Å². The highest BCUT2D eigenvalue weighted by atomic mass is 32.2. The maximum atomic E-state index is 12.4. The Morgan fingerprint density at radius 1 is 1.24 bits per heavy atom. The lowest BCUT2D eigenvalue weighted by Gasteiger charge is -2.37. The standard InChI is InChI=1S/C17H25N3O4S/c1-13-3-4-16(24-2)15(11-13)19-6-8-20(9-7-19)17(21)18-14-5-10-25(22,23)12-14/h3-4,11,14H,5-10,12H2,1-2H3,(H,18,21). The molecule has 0 radical (unpaired) electrons. The van der Waals surface area contributed by atoms with Gasteiger partial charge in [0.25, 0.3) is 0 Å². The van der Waals surface area contributed by atoms with E-state index in [1.807, 2.05) is 19.1 Å². The fraction of sp³-hybridized carbons (Fsp3) is 0.588. The van der Waals surface area contributed by atoms with Gasteiger partial charge < -0.3 is 19.9 Å². The van der Waals surface area contributed by atoms with E-state index in [4.69, 9.17) is 4.74 Å². The first kappa shape index (κ1) is 17.8. The summed E-state index contributed by atoms with van der Waals surface area (Å²) in [5.41, 5.74) is 2.21. The summed E-state index contributed by atoms with van der Waals surface area (Å²) in [7, 11) is -1.32. The third-order valence-electron chi connectivity index (χ3n) is 4.80. The van der Waals surface area contributed by atoms with Crippen molar-refractivity contribution in [1.82, 2.24) is 10.2 Å². The molecule has 2 heterocycles. The number of ether oxygens (including phenoxy) is 1. The minimum atomic E-state index is -2.98. The highest BCUT2D eigenvalue weighted by molar-refractivity contribution is 7.91. The molecular formula is C17H25N3O4S. The molecule has 2 aliphatic heterocycles. The lowest BCUT2D eigenvalue weighted by Crippen LogP contribution is -2.53. The first-order valence-corrected chi connectivity index (χ1v) is 10.4. The summed E-state index contributed by atoms with van der Waals surface area (Å²) in [6, 6.07) is 5.65. The molecule has 2 amide bonds. The topological polar surface area (TPSA) is 79.0 Å². The Morgan fingerprint density at radius 2 is 1.96 bits per heavy atom. The molecule has 8 heteroatoms. The minimum Gasteiger partial charge on any atom is -0.495 e. The number of carbonyl (C=O) groups is 1. The maximum absolute atomic E-state index is 12.4. The molecule has 1 unspecified atom stereocenters. The number of nitrogens with one attached hydrogen (secondary N) is 1. The molecule has 2 saturated heterocycles. The van der Waals surface area contributed by atoms with E-state index in [1.54, 1.807) is 12.0 Å². The van der Waals surface area contributed by atoms with Crippen LogP contribution >= 0.6 is 0 Å². The smallest absolute Gasteiger partial charge is 0.317 e. The van der Waals surface area contributed by atoms with Crippen LogP contribution in [0.15, 0.2) is 18.2 Å². The number of hydrogen-bond donors (Lipinski definition) is 1. The minimum absolute atomic E-state index is 0.0548. The van der Waals surface area contributed by atoms with Crippen LogP contribution in [-0.4, -0.2) is 70.2 Å². The van der Waals surface area contributed by atoms with Crippen molar-refractivity contribution in [1.29, 1.82) is 0 Å². The molecule has 3 rings (SSSR count). The zero-order valence-corrected chi connectivity index (χ0v) is 15.5. The summed E-state index contributed by atoms with van der Waals surface area (Å²) in [5, 5.41) is 2.86. The van der Waals surface area contributed by atoms with Crippen molar-refractivity contribution in [2.75, 3.05) is 49.7 Å². The van der Waals surface area contributed by atoms with Crippen LogP contribution in [0.25, 0.3) is 0 Å². The van der Waals surface area contributed by atoms with E-state index in [-0.39, 0.29) is 23.6 Å². The van der Waals surface area contributed by atoms with Crippen LogP contribution in [0, 0.1) is 6.92 Å². The number of amides is 2. The predicted octanol–water partition coefficient (Wildman–Crippen LogP) is 1.02. The van der Waals surface area contributed by atoms with Crippen molar-refractivity contribution in [2.24, 2.45) is 0 Å². The van der Waals surface area contributed by atoms with Crippen LogP contribution in [0.4, 0.5) is 10.5 Å². The summed E-state index contributed by atoms with van der Waals surface area (Å²) in [5.74, 6) is 1.05. The average molecular weight is 367 g/mol. The van der Waals surface area contributed by atoms with Crippen molar-refractivity contribution in [3.8, 4) is 5.75 Å². The molecule has 1 aromatic carbocycles. The number of piperazine rings is 1. The molecule has 0 bridgehead atoms. The quantitative estimate of drug-likeness (QED) is 0.863. The Balaban J connectivity index is 1.57. The van der Waals surface area contributed by atoms with E-state index < -0.39 is 9.84 Å². The predicted molar refractivity (Wildman–Crippen MR) is 97.1 cm³/mol. The average Bonchev–Trinajstić information content (AvgIpc) is 2.93. The van der Waals surface area contributed by atoms with Crippen LogP contribution in [0.5, 0.6) is 5.75 Å². The van der Waals surface area contributed by atoms with E-state index in [0.717, 1.165) is 24.5 Å². The second-order valence-corrected chi connectivity index (χ2v) is 8.93. The molecule has 2 fully saturated rings. The first-order chi connectivity index (χ1) is 11.9. The monoisotopic (exact) mass is 367 g/mol. The molecular weight excluding hydrogens is 342 g/mol. The Kier molecular flexibility index (Phi) is 5.08. The molecule has 0 aromatic heterocycles. The summed E-state index contributed by atoms with van der Waals surface area (Å²) >= 11 is 0.